The summed E-state index contributed by atoms with van der Waals surface area (Å²) in [4.78, 5) is 32.0. The van der Waals surface area contributed by atoms with Crippen molar-refractivity contribution < 1.29 is 19.1 Å². The molecule has 0 aromatic heterocycles. The molecule has 40 heavy (non-hydrogen) atoms. The van der Waals surface area contributed by atoms with Gasteiger partial charge in [-0.3, -0.25) is 14.5 Å². The predicted octanol–water partition coefficient (Wildman–Crippen LogP) is 5.60. The van der Waals surface area contributed by atoms with Crippen molar-refractivity contribution in [3.05, 3.63) is 88.3 Å². The molecule has 3 aromatic carbocycles. The molecule has 0 spiro atoms. The molecule has 0 atom stereocenters. The lowest BCUT2D eigenvalue weighted by Gasteiger charge is -2.32. The summed E-state index contributed by atoms with van der Waals surface area (Å²) in [5.74, 6) is 1.07. The van der Waals surface area contributed by atoms with E-state index >= 15 is 0 Å². The molecule has 8 heteroatoms. The zero-order valence-electron chi connectivity index (χ0n) is 23.2. The van der Waals surface area contributed by atoms with Crippen LogP contribution in [0, 0.1) is 0 Å². The van der Waals surface area contributed by atoms with E-state index in [4.69, 9.17) is 9.47 Å². The fraction of sp³-hybridized carbons (Fsp3) is 0.312. The summed E-state index contributed by atoms with van der Waals surface area (Å²) < 4.78 is 11.1. The monoisotopic (exact) mass is 557 g/mol. The third-order valence-electron chi connectivity index (χ3n) is 7.27. The number of nitrogens with zero attached hydrogens (tertiary/aromatic N) is 2. The Labute approximate surface area is 240 Å². The minimum absolute atomic E-state index is 0.0991. The number of benzene rings is 3. The van der Waals surface area contributed by atoms with Crippen LogP contribution in [-0.4, -0.2) is 56.6 Å². The summed E-state index contributed by atoms with van der Waals surface area (Å²) in [6.07, 6.45) is 3.69. The Hall–Kier alpha value is -3.75. The van der Waals surface area contributed by atoms with Crippen LogP contribution >= 0.6 is 11.8 Å². The summed E-state index contributed by atoms with van der Waals surface area (Å²) in [5.41, 5.74) is 3.46. The number of anilines is 1. The van der Waals surface area contributed by atoms with Crippen molar-refractivity contribution in [3.63, 3.8) is 0 Å². The zero-order valence-corrected chi connectivity index (χ0v) is 24.0. The van der Waals surface area contributed by atoms with Gasteiger partial charge >= 0.3 is 0 Å². The molecule has 208 valence electrons. The van der Waals surface area contributed by atoms with E-state index in [1.165, 1.54) is 17.3 Å². The van der Waals surface area contributed by atoms with E-state index in [0.29, 0.717) is 28.6 Å². The van der Waals surface area contributed by atoms with Gasteiger partial charge in [0.2, 0.25) is 0 Å². The Bertz CT molecular complexity index is 1400. The number of methoxy groups -OCH3 is 1. The van der Waals surface area contributed by atoms with Crippen LogP contribution < -0.4 is 19.7 Å². The van der Waals surface area contributed by atoms with Crippen LogP contribution in [-0.2, 0) is 11.3 Å². The van der Waals surface area contributed by atoms with Gasteiger partial charge in [-0.1, -0.05) is 48.2 Å². The topological polar surface area (TPSA) is 71.1 Å². The van der Waals surface area contributed by atoms with Gasteiger partial charge in [0.1, 0.15) is 0 Å². The zero-order chi connectivity index (χ0) is 28.1. The van der Waals surface area contributed by atoms with E-state index in [2.05, 4.69) is 34.5 Å². The minimum atomic E-state index is -0.117. The maximum absolute atomic E-state index is 13.3. The Balaban J connectivity index is 1.23. The number of hydrogen-bond acceptors (Lipinski definition) is 6. The number of hydrogen-bond donors (Lipinski definition) is 1. The van der Waals surface area contributed by atoms with Crippen molar-refractivity contribution in [2.24, 2.45) is 0 Å². The number of likely N-dealkylation sites (N-methyl/N-ethyl adjacent to an activating group) is 1. The molecule has 2 aliphatic rings. The number of ether oxygens (including phenoxy) is 2. The smallest absolute Gasteiger partial charge is 0.264 e. The Morgan fingerprint density at radius 1 is 1.05 bits per heavy atom. The van der Waals surface area contributed by atoms with Gasteiger partial charge in [0, 0.05) is 43.2 Å². The highest BCUT2D eigenvalue weighted by Crippen LogP contribution is 2.42. The highest BCUT2D eigenvalue weighted by Gasteiger charge is 2.28. The van der Waals surface area contributed by atoms with Crippen molar-refractivity contribution in [2.45, 2.75) is 37.2 Å². The second-order valence-corrected chi connectivity index (χ2v) is 11.1. The highest BCUT2D eigenvalue weighted by molar-refractivity contribution is 8.04. The third kappa shape index (κ3) is 6.35. The number of nitrogens with one attached hydrogen (secondary N) is 1. The summed E-state index contributed by atoms with van der Waals surface area (Å²) in [6, 6.07) is 21.8. The molecule has 0 bridgehead atoms. The fourth-order valence-electron chi connectivity index (χ4n) is 5.08. The van der Waals surface area contributed by atoms with Gasteiger partial charge in [-0.25, -0.2) is 0 Å². The van der Waals surface area contributed by atoms with Gasteiger partial charge in [0.25, 0.3) is 11.8 Å². The number of carbonyl (C=O) groups is 2. The lowest BCUT2D eigenvalue weighted by atomic mass is 10.0. The summed E-state index contributed by atoms with van der Waals surface area (Å²) in [6.45, 7) is 5.31. The number of amides is 2. The largest absolute Gasteiger partial charge is 0.493 e. The van der Waals surface area contributed by atoms with E-state index in [-0.39, 0.29) is 17.9 Å². The van der Waals surface area contributed by atoms with Crippen LogP contribution in [0.1, 0.15) is 41.3 Å². The lowest BCUT2D eigenvalue weighted by molar-refractivity contribution is -0.114. The predicted molar refractivity (Wildman–Crippen MR) is 160 cm³/mol. The Morgan fingerprint density at radius 3 is 2.55 bits per heavy atom. The SMILES string of the molecule is CCOc1ccc(C=C2Sc3ccc(C(=O)NC4CCN(Cc5ccccc5)CC4)cc3N(C)C2=O)cc1OC. The van der Waals surface area contributed by atoms with Gasteiger partial charge in [-0.15, -0.1) is 0 Å². The van der Waals surface area contributed by atoms with Crippen LogP contribution in [0.3, 0.4) is 0 Å². The molecule has 0 unspecified atom stereocenters. The van der Waals surface area contributed by atoms with E-state index in [1.807, 2.05) is 55.5 Å². The molecule has 0 saturated carbocycles. The van der Waals surface area contributed by atoms with Crippen LogP contribution in [0.2, 0.25) is 0 Å². The molecule has 0 aliphatic carbocycles. The average Bonchev–Trinajstić information content (AvgIpc) is 2.98. The Kier molecular flexibility index (Phi) is 8.77. The number of thioether (sulfide) groups is 1. The van der Waals surface area contributed by atoms with Crippen molar-refractivity contribution in [1.29, 1.82) is 0 Å². The van der Waals surface area contributed by atoms with Crippen LogP contribution in [0.5, 0.6) is 11.5 Å². The van der Waals surface area contributed by atoms with Crippen LogP contribution in [0.25, 0.3) is 6.08 Å². The van der Waals surface area contributed by atoms with Gasteiger partial charge < -0.3 is 19.7 Å². The molecular weight excluding hydrogens is 522 g/mol. The first-order chi connectivity index (χ1) is 19.4. The molecule has 2 heterocycles. The molecule has 1 N–H and O–H groups in total. The third-order valence-corrected chi connectivity index (χ3v) is 8.35. The van der Waals surface area contributed by atoms with Gasteiger partial charge in [0.05, 0.1) is 24.3 Å². The first kappa shape index (κ1) is 27.8. The van der Waals surface area contributed by atoms with Crippen molar-refractivity contribution in [2.75, 3.05) is 38.8 Å². The van der Waals surface area contributed by atoms with Gasteiger partial charge in [-0.2, -0.15) is 0 Å². The van der Waals surface area contributed by atoms with Crippen molar-refractivity contribution in [3.8, 4) is 11.5 Å². The second-order valence-electron chi connectivity index (χ2n) is 10.0. The maximum Gasteiger partial charge on any atom is 0.264 e. The van der Waals surface area contributed by atoms with E-state index < -0.39 is 0 Å². The summed E-state index contributed by atoms with van der Waals surface area (Å²) in [7, 11) is 3.35. The molecule has 0 radical (unpaired) electrons. The second kappa shape index (κ2) is 12.6. The van der Waals surface area contributed by atoms with Crippen LogP contribution in [0.15, 0.2) is 76.5 Å². The summed E-state index contributed by atoms with van der Waals surface area (Å²) in [5, 5.41) is 3.21. The summed E-state index contributed by atoms with van der Waals surface area (Å²) >= 11 is 1.41. The standard InChI is InChI=1S/C32H35N3O4S/c1-4-39-27-12-10-23(18-28(27)38-3)19-30-32(37)34(2)26-20-24(11-13-29(26)40-30)31(36)33-25-14-16-35(17-15-25)21-22-8-6-5-7-9-22/h5-13,18-20,25H,4,14-17,21H2,1-3H3,(H,33,36). The first-order valence-electron chi connectivity index (χ1n) is 13.6. The maximum atomic E-state index is 13.3. The van der Waals surface area contributed by atoms with Crippen LogP contribution in [0.4, 0.5) is 5.69 Å². The van der Waals surface area contributed by atoms with Crippen molar-refractivity contribution in [1.82, 2.24) is 10.2 Å². The van der Waals surface area contributed by atoms with Crippen molar-refractivity contribution >= 4 is 35.3 Å². The lowest BCUT2D eigenvalue weighted by Crippen LogP contribution is -2.44. The molecule has 3 aromatic rings. The molecule has 1 fully saturated rings. The normalized spacial score (nSPS) is 17.0. The average molecular weight is 558 g/mol. The molecule has 2 amide bonds. The molecule has 5 rings (SSSR count). The number of carbonyl (C=O) groups excluding carboxylic acids is 2. The first-order valence-corrected chi connectivity index (χ1v) is 14.5. The number of rotatable bonds is 8. The van der Waals surface area contributed by atoms with Gasteiger partial charge in [0.15, 0.2) is 11.5 Å². The Morgan fingerprint density at radius 2 is 1.82 bits per heavy atom. The van der Waals surface area contributed by atoms with Gasteiger partial charge in [-0.05, 0) is 67.3 Å². The van der Waals surface area contributed by atoms with E-state index in [1.54, 1.807) is 19.1 Å². The quantitative estimate of drug-likeness (QED) is 0.364. The number of likely N-dealkylation sites (tertiary alicyclic amines) is 1. The number of piperidine rings is 1. The highest BCUT2D eigenvalue weighted by atomic mass is 32.2. The molecule has 1 saturated heterocycles. The fourth-order valence-corrected chi connectivity index (χ4v) is 6.17. The number of fused-ring (bicyclic) bond motifs is 1. The van der Waals surface area contributed by atoms with E-state index in [9.17, 15) is 9.59 Å². The van der Waals surface area contributed by atoms with E-state index in [0.717, 1.165) is 48.6 Å². The molecular formula is C32H35N3O4S. The minimum Gasteiger partial charge on any atom is -0.493 e. The molecule has 7 nitrogen and oxygen atoms in total. The molecule has 2 aliphatic heterocycles.